The lowest BCUT2D eigenvalue weighted by Gasteiger charge is -2.11. The van der Waals surface area contributed by atoms with Crippen LogP contribution in [0, 0.1) is 29.1 Å². The first-order valence-electron chi connectivity index (χ1n) is 4.15. The largest absolute Gasteiger partial charge is 0.320 e. The van der Waals surface area contributed by atoms with Crippen LogP contribution in [-0.4, -0.2) is 13.0 Å². The van der Waals surface area contributed by atoms with Crippen molar-refractivity contribution in [3.8, 4) is 0 Å². The molecule has 0 amide bonds. The average Bonchev–Trinajstić information content (AvgIpc) is 2.34. The number of nitrogens with one attached hydrogen (secondary N) is 2. The number of aliphatic imine (C=N–C) groups is 1. The van der Waals surface area contributed by atoms with E-state index < -0.39 is 34.8 Å². The molecule has 0 saturated carbocycles. The second-order valence-corrected chi connectivity index (χ2v) is 2.79. The van der Waals surface area contributed by atoms with Gasteiger partial charge in [0.15, 0.2) is 23.3 Å². The van der Waals surface area contributed by atoms with Crippen molar-refractivity contribution in [2.24, 2.45) is 10.8 Å². The summed E-state index contributed by atoms with van der Waals surface area (Å²) in [5.41, 5.74) is 0.639. The van der Waals surface area contributed by atoms with Crippen LogP contribution in [0.4, 0.5) is 27.6 Å². The molecule has 4 N–H and O–H groups in total. The maximum atomic E-state index is 13.1. The second-order valence-electron chi connectivity index (χ2n) is 2.79. The van der Waals surface area contributed by atoms with E-state index in [-0.39, 0.29) is 5.96 Å². The predicted octanol–water partition coefficient (Wildman–Crippen LogP) is 1.24. The first-order valence-corrected chi connectivity index (χ1v) is 4.15. The molecule has 0 radical (unpaired) electrons. The average molecular weight is 254 g/mol. The van der Waals surface area contributed by atoms with Gasteiger partial charge >= 0.3 is 0 Å². The van der Waals surface area contributed by atoms with Gasteiger partial charge in [-0.3, -0.25) is 10.4 Å². The number of hydrogen-bond donors (Lipinski definition) is 3. The van der Waals surface area contributed by atoms with Gasteiger partial charge in [0.05, 0.1) is 0 Å². The van der Waals surface area contributed by atoms with Gasteiger partial charge in [0.2, 0.25) is 11.8 Å². The third kappa shape index (κ3) is 2.28. The summed E-state index contributed by atoms with van der Waals surface area (Å²) >= 11 is 0. The van der Waals surface area contributed by atoms with E-state index in [9.17, 15) is 22.0 Å². The quantitative estimate of drug-likeness (QED) is 0.134. The van der Waals surface area contributed by atoms with Crippen LogP contribution in [0.15, 0.2) is 4.99 Å². The highest BCUT2D eigenvalue weighted by Gasteiger charge is 2.26. The molecule has 0 spiro atoms. The monoisotopic (exact) mass is 254 g/mol. The van der Waals surface area contributed by atoms with E-state index in [4.69, 9.17) is 5.84 Å². The smallest absolute Gasteiger partial charge is 0.210 e. The molecule has 1 aromatic rings. The summed E-state index contributed by atoms with van der Waals surface area (Å²) in [4.78, 5) is 3.36. The highest BCUT2D eigenvalue weighted by Crippen LogP contribution is 2.26. The number of hydrazine groups is 1. The summed E-state index contributed by atoms with van der Waals surface area (Å²) in [5.74, 6) is -5.83. The summed E-state index contributed by atoms with van der Waals surface area (Å²) in [6.45, 7) is 0. The van der Waals surface area contributed by atoms with Crippen molar-refractivity contribution in [3.05, 3.63) is 29.1 Å². The minimum Gasteiger partial charge on any atom is -0.320 e. The summed E-state index contributed by atoms with van der Waals surface area (Å²) in [6.07, 6.45) is 0. The Bertz CT molecular complexity index is 444. The number of halogens is 5. The van der Waals surface area contributed by atoms with Crippen LogP contribution >= 0.6 is 0 Å². The first-order chi connectivity index (χ1) is 7.93. The SMILES string of the molecule is CN=C(NN)Nc1c(F)c(F)c(F)c(F)c1F. The van der Waals surface area contributed by atoms with Crippen molar-refractivity contribution in [3.63, 3.8) is 0 Å². The molecule has 0 aliphatic rings. The molecule has 0 atom stereocenters. The van der Waals surface area contributed by atoms with Gasteiger partial charge in [-0.2, -0.15) is 0 Å². The number of guanidine groups is 1. The Morgan fingerprint density at radius 2 is 1.35 bits per heavy atom. The molecule has 0 aliphatic carbocycles. The molecule has 0 unspecified atom stereocenters. The molecule has 4 nitrogen and oxygen atoms in total. The van der Waals surface area contributed by atoms with E-state index in [1.807, 2.05) is 10.7 Å². The normalized spacial score (nSPS) is 11.6. The summed E-state index contributed by atoms with van der Waals surface area (Å²) < 4.78 is 64.5. The number of anilines is 1. The molecule has 0 fully saturated rings. The Balaban J connectivity index is 3.34. The van der Waals surface area contributed by atoms with Crippen LogP contribution in [0.1, 0.15) is 0 Å². The van der Waals surface area contributed by atoms with Crippen LogP contribution in [0.25, 0.3) is 0 Å². The second kappa shape index (κ2) is 4.95. The lowest BCUT2D eigenvalue weighted by molar-refractivity contribution is 0.382. The standard InChI is InChI=1S/C8H7F5N4/c1-15-8(17-14)16-7-5(12)3(10)2(9)4(11)6(7)13/h14H2,1H3,(H2,15,16,17). The number of rotatable bonds is 1. The number of hydrogen-bond acceptors (Lipinski definition) is 2. The van der Waals surface area contributed by atoms with Crippen LogP contribution in [-0.2, 0) is 0 Å². The lowest BCUT2D eigenvalue weighted by atomic mass is 10.2. The zero-order valence-electron chi connectivity index (χ0n) is 8.41. The minimum absolute atomic E-state index is 0.367. The van der Waals surface area contributed by atoms with Gasteiger partial charge in [0.25, 0.3) is 0 Å². The van der Waals surface area contributed by atoms with E-state index in [1.54, 1.807) is 0 Å². The van der Waals surface area contributed by atoms with Crippen LogP contribution in [0.5, 0.6) is 0 Å². The van der Waals surface area contributed by atoms with E-state index in [0.717, 1.165) is 0 Å². The molecule has 0 saturated heterocycles. The molecule has 0 bridgehead atoms. The van der Waals surface area contributed by atoms with E-state index >= 15 is 0 Å². The molecule has 0 aromatic heterocycles. The molecule has 0 heterocycles. The van der Waals surface area contributed by atoms with Crippen LogP contribution < -0.4 is 16.6 Å². The minimum atomic E-state index is -2.23. The zero-order chi connectivity index (χ0) is 13.2. The Labute approximate surface area is 92.3 Å². The fourth-order valence-electron chi connectivity index (χ4n) is 0.990. The highest BCUT2D eigenvalue weighted by molar-refractivity contribution is 5.93. The van der Waals surface area contributed by atoms with Crippen LogP contribution in [0.3, 0.4) is 0 Å². The van der Waals surface area contributed by atoms with Gasteiger partial charge in [0.1, 0.15) is 5.69 Å². The van der Waals surface area contributed by atoms with E-state index in [2.05, 4.69) is 4.99 Å². The van der Waals surface area contributed by atoms with E-state index in [0.29, 0.717) is 0 Å². The van der Waals surface area contributed by atoms with E-state index in [1.165, 1.54) is 7.05 Å². The first kappa shape index (κ1) is 13.2. The molecular formula is C8H7F5N4. The number of benzene rings is 1. The maximum absolute atomic E-state index is 13.1. The summed E-state index contributed by atoms with van der Waals surface area (Å²) in [6, 6.07) is 0. The fourth-order valence-corrected chi connectivity index (χ4v) is 0.990. The summed E-state index contributed by atoms with van der Waals surface area (Å²) in [7, 11) is 1.19. The summed E-state index contributed by atoms with van der Waals surface area (Å²) in [5, 5.41) is 1.84. The van der Waals surface area contributed by atoms with Gasteiger partial charge in [-0.25, -0.2) is 27.8 Å². The third-order valence-corrected chi connectivity index (χ3v) is 1.81. The van der Waals surface area contributed by atoms with Crippen molar-refractivity contribution in [2.75, 3.05) is 12.4 Å². The van der Waals surface area contributed by atoms with Gasteiger partial charge in [-0.15, -0.1) is 0 Å². The molecule has 17 heavy (non-hydrogen) atoms. The van der Waals surface area contributed by atoms with Crippen molar-refractivity contribution in [1.82, 2.24) is 5.43 Å². The lowest BCUT2D eigenvalue weighted by Crippen LogP contribution is -2.36. The zero-order valence-corrected chi connectivity index (χ0v) is 8.41. The Morgan fingerprint density at radius 3 is 1.71 bits per heavy atom. The Kier molecular flexibility index (Phi) is 3.84. The van der Waals surface area contributed by atoms with Gasteiger partial charge in [0, 0.05) is 7.05 Å². The third-order valence-electron chi connectivity index (χ3n) is 1.81. The molecule has 0 aliphatic heterocycles. The van der Waals surface area contributed by atoms with Crippen molar-refractivity contribution < 1.29 is 22.0 Å². The van der Waals surface area contributed by atoms with Gasteiger partial charge in [-0.1, -0.05) is 0 Å². The molecular weight excluding hydrogens is 247 g/mol. The van der Waals surface area contributed by atoms with Gasteiger partial charge in [-0.05, 0) is 0 Å². The molecule has 94 valence electrons. The number of nitrogens with two attached hydrogens (primary N) is 1. The molecule has 1 aromatic carbocycles. The Hall–Kier alpha value is -1.90. The topological polar surface area (TPSA) is 62.4 Å². The van der Waals surface area contributed by atoms with Crippen molar-refractivity contribution >= 4 is 11.6 Å². The predicted molar refractivity (Wildman–Crippen MR) is 50.5 cm³/mol. The fraction of sp³-hybridized carbons (Fsp3) is 0.125. The van der Waals surface area contributed by atoms with Gasteiger partial charge < -0.3 is 5.32 Å². The van der Waals surface area contributed by atoms with Crippen molar-refractivity contribution in [1.29, 1.82) is 0 Å². The highest BCUT2D eigenvalue weighted by atomic mass is 19.2. The molecule has 1 rings (SSSR count). The molecule has 9 heteroatoms. The van der Waals surface area contributed by atoms with Crippen molar-refractivity contribution in [2.45, 2.75) is 0 Å². The number of nitrogens with zero attached hydrogens (tertiary/aromatic N) is 1. The van der Waals surface area contributed by atoms with Crippen LogP contribution in [0.2, 0.25) is 0 Å². The maximum Gasteiger partial charge on any atom is 0.210 e. The Morgan fingerprint density at radius 1 is 0.941 bits per heavy atom.